The lowest BCUT2D eigenvalue weighted by atomic mass is 10.1. The van der Waals surface area contributed by atoms with E-state index in [0.717, 1.165) is 10.5 Å². The van der Waals surface area contributed by atoms with Gasteiger partial charge in [0.1, 0.15) is 24.8 Å². The van der Waals surface area contributed by atoms with E-state index in [4.69, 9.17) is 9.47 Å². The highest BCUT2D eigenvalue weighted by atomic mass is 16.6. The SMILES string of the molecule is CC(C)(C)OC(=O)CN(C(=O)[C@H](CC(=O)O)NC(=O)OCc1ccccc1)c1ccccc1. The van der Waals surface area contributed by atoms with Crippen LogP contribution in [-0.4, -0.2) is 47.2 Å². The van der Waals surface area contributed by atoms with Crippen LogP contribution in [0.3, 0.4) is 0 Å². The van der Waals surface area contributed by atoms with Crippen LogP contribution in [0.2, 0.25) is 0 Å². The number of anilines is 1. The molecule has 33 heavy (non-hydrogen) atoms. The summed E-state index contributed by atoms with van der Waals surface area (Å²) in [6, 6.07) is 15.7. The maximum atomic E-state index is 13.3. The van der Waals surface area contributed by atoms with Crippen LogP contribution in [0.15, 0.2) is 60.7 Å². The minimum atomic E-state index is -1.46. The number of rotatable bonds is 9. The fourth-order valence-corrected chi connectivity index (χ4v) is 2.88. The van der Waals surface area contributed by atoms with Gasteiger partial charge in [0.2, 0.25) is 0 Å². The molecule has 0 aliphatic heterocycles. The third-order valence-electron chi connectivity index (χ3n) is 4.22. The molecule has 0 saturated heterocycles. The largest absolute Gasteiger partial charge is 0.481 e. The van der Waals surface area contributed by atoms with Crippen molar-refractivity contribution in [2.45, 2.75) is 45.4 Å². The van der Waals surface area contributed by atoms with Crippen LogP contribution in [0.1, 0.15) is 32.8 Å². The van der Waals surface area contributed by atoms with Gasteiger partial charge >= 0.3 is 18.0 Å². The Bertz CT molecular complexity index is 956. The monoisotopic (exact) mass is 456 g/mol. The highest BCUT2D eigenvalue weighted by Crippen LogP contribution is 2.17. The Balaban J connectivity index is 2.19. The summed E-state index contributed by atoms with van der Waals surface area (Å²) in [6.07, 6.45) is -1.65. The maximum absolute atomic E-state index is 13.3. The first-order valence-electron chi connectivity index (χ1n) is 10.3. The van der Waals surface area contributed by atoms with Crippen molar-refractivity contribution in [3.63, 3.8) is 0 Å². The van der Waals surface area contributed by atoms with Gasteiger partial charge in [-0.05, 0) is 38.5 Å². The van der Waals surface area contributed by atoms with Crippen molar-refractivity contribution >= 4 is 29.6 Å². The number of carbonyl (C=O) groups excluding carboxylic acids is 3. The van der Waals surface area contributed by atoms with Crippen molar-refractivity contribution in [2.75, 3.05) is 11.4 Å². The van der Waals surface area contributed by atoms with Crippen molar-refractivity contribution in [2.24, 2.45) is 0 Å². The summed E-state index contributed by atoms with van der Waals surface area (Å²) in [6.45, 7) is 4.56. The van der Waals surface area contributed by atoms with Crippen LogP contribution in [0.5, 0.6) is 0 Å². The Hall–Kier alpha value is -3.88. The second kappa shape index (κ2) is 11.7. The number of carbonyl (C=O) groups is 4. The van der Waals surface area contributed by atoms with Crippen LogP contribution < -0.4 is 10.2 Å². The smallest absolute Gasteiger partial charge is 0.408 e. The zero-order valence-electron chi connectivity index (χ0n) is 18.8. The van der Waals surface area contributed by atoms with Crippen LogP contribution in [0.4, 0.5) is 10.5 Å². The van der Waals surface area contributed by atoms with Gasteiger partial charge in [-0.25, -0.2) is 4.79 Å². The van der Waals surface area contributed by atoms with Crippen LogP contribution >= 0.6 is 0 Å². The van der Waals surface area contributed by atoms with E-state index in [2.05, 4.69) is 5.32 Å². The Morgan fingerprint density at radius 1 is 0.970 bits per heavy atom. The molecular weight excluding hydrogens is 428 g/mol. The summed E-state index contributed by atoms with van der Waals surface area (Å²) in [7, 11) is 0. The van der Waals surface area contributed by atoms with Crippen LogP contribution in [0.25, 0.3) is 0 Å². The third kappa shape index (κ3) is 9.02. The van der Waals surface area contributed by atoms with E-state index in [1.165, 1.54) is 0 Å². The molecule has 2 N–H and O–H groups in total. The summed E-state index contributed by atoms with van der Waals surface area (Å²) in [5.41, 5.74) is 0.301. The minimum absolute atomic E-state index is 0.0546. The van der Waals surface area contributed by atoms with Gasteiger partial charge in [0, 0.05) is 5.69 Å². The number of para-hydroxylation sites is 1. The second-order valence-electron chi connectivity index (χ2n) is 8.20. The van der Waals surface area contributed by atoms with Gasteiger partial charge in [-0.3, -0.25) is 19.3 Å². The molecule has 0 heterocycles. The van der Waals surface area contributed by atoms with E-state index in [1.54, 1.807) is 75.4 Å². The zero-order chi connectivity index (χ0) is 24.4. The number of hydrogen-bond donors (Lipinski definition) is 2. The number of benzene rings is 2. The summed E-state index contributed by atoms with van der Waals surface area (Å²) < 4.78 is 10.4. The van der Waals surface area contributed by atoms with Gasteiger partial charge in [-0.2, -0.15) is 0 Å². The van der Waals surface area contributed by atoms with Gasteiger partial charge in [0.15, 0.2) is 0 Å². The number of esters is 1. The molecular formula is C24H28N2O7. The molecule has 0 aliphatic rings. The molecule has 0 bridgehead atoms. The number of nitrogens with one attached hydrogen (secondary N) is 1. The average molecular weight is 456 g/mol. The molecule has 0 saturated carbocycles. The first kappa shape index (κ1) is 25.4. The molecule has 2 amide bonds. The summed E-state index contributed by atoms with van der Waals surface area (Å²) >= 11 is 0. The van der Waals surface area contributed by atoms with E-state index < -0.39 is 48.5 Å². The lowest BCUT2D eigenvalue weighted by Crippen LogP contribution is -2.51. The Morgan fingerprint density at radius 2 is 1.55 bits per heavy atom. The van der Waals surface area contributed by atoms with Gasteiger partial charge in [-0.15, -0.1) is 0 Å². The second-order valence-corrected chi connectivity index (χ2v) is 8.20. The lowest BCUT2D eigenvalue weighted by Gasteiger charge is -2.28. The lowest BCUT2D eigenvalue weighted by molar-refractivity contribution is -0.153. The van der Waals surface area contributed by atoms with Gasteiger partial charge in [-0.1, -0.05) is 48.5 Å². The number of alkyl carbamates (subject to hydrolysis) is 1. The normalized spacial score (nSPS) is 11.7. The number of aliphatic carboxylic acids is 1. The minimum Gasteiger partial charge on any atom is -0.481 e. The molecule has 0 aliphatic carbocycles. The average Bonchev–Trinajstić information content (AvgIpc) is 2.75. The highest BCUT2D eigenvalue weighted by molar-refractivity contribution is 6.03. The van der Waals surface area contributed by atoms with Crippen molar-refractivity contribution < 1.29 is 33.8 Å². The quantitative estimate of drug-likeness (QED) is 0.556. The molecule has 0 fully saturated rings. The van der Waals surface area contributed by atoms with E-state index >= 15 is 0 Å². The standard InChI is InChI=1S/C24H28N2O7/c1-24(2,3)33-21(29)15-26(18-12-8-5-9-13-18)22(30)19(14-20(27)28)25-23(31)32-16-17-10-6-4-7-11-17/h4-13,19H,14-16H2,1-3H3,(H,25,31)(H,27,28)/t19-/m0/s1. The number of amides is 2. The Labute approximate surface area is 192 Å². The van der Waals surface area contributed by atoms with E-state index in [9.17, 15) is 24.3 Å². The number of ether oxygens (including phenoxy) is 2. The summed E-state index contributed by atoms with van der Waals surface area (Å²) in [5, 5.41) is 11.6. The number of hydrogen-bond acceptors (Lipinski definition) is 6. The fraction of sp³-hybridized carbons (Fsp3) is 0.333. The topological polar surface area (TPSA) is 122 Å². The number of nitrogens with zero attached hydrogens (tertiary/aromatic N) is 1. The number of carboxylic acid groups (broad SMARTS) is 1. The first-order valence-corrected chi connectivity index (χ1v) is 10.3. The van der Waals surface area contributed by atoms with Crippen LogP contribution in [0, 0.1) is 0 Å². The molecule has 9 heteroatoms. The van der Waals surface area contributed by atoms with Crippen molar-refractivity contribution in [1.82, 2.24) is 5.32 Å². The van der Waals surface area contributed by atoms with Crippen molar-refractivity contribution in [3.8, 4) is 0 Å². The first-order chi connectivity index (χ1) is 15.5. The third-order valence-corrected chi connectivity index (χ3v) is 4.22. The molecule has 2 rings (SSSR count). The molecule has 1 atom stereocenters. The summed E-state index contributed by atoms with van der Waals surface area (Å²) in [4.78, 5) is 50.5. The maximum Gasteiger partial charge on any atom is 0.408 e. The van der Waals surface area contributed by atoms with Crippen molar-refractivity contribution in [1.29, 1.82) is 0 Å². The number of carboxylic acids is 1. The van der Waals surface area contributed by atoms with Crippen LogP contribution in [-0.2, 0) is 30.5 Å². The molecule has 0 unspecified atom stereocenters. The van der Waals surface area contributed by atoms with Gasteiger partial charge in [0.05, 0.1) is 6.42 Å². The molecule has 2 aromatic rings. The highest BCUT2D eigenvalue weighted by Gasteiger charge is 2.32. The van der Waals surface area contributed by atoms with E-state index in [-0.39, 0.29) is 6.61 Å². The fourth-order valence-electron chi connectivity index (χ4n) is 2.88. The molecule has 9 nitrogen and oxygen atoms in total. The van der Waals surface area contributed by atoms with E-state index in [0.29, 0.717) is 5.69 Å². The van der Waals surface area contributed by atoms with Gasteiger partial charge < -0.3 is 19.9 Å². The summed E-state index contributed by atoms with van der Waals surface area (Å²) in [5.74, 6) is -2.77. The Kier molecular flexibility index (Phi) is 8.97. The molecule has 176 valence electrons. The Morgan fingerprint density at radius 3 is 2.09 bits per heavy atom. The predicted octanol–water partition coefficient (Wildman–Crippen LogP) is 3.13. The molecule has 2 aromatic carbocycles. The molecule has 0 aromatic heterocycles. The van der Waals surface area contributed by atoms with Crippen molar-refractivity contribution in [3.05, 3.63) is 66.2 Å². The molecule has 0 radical (unpaired) electrons. The zero-order valence-corrected chi connectivity index (χ0v) is 18.8. The predicted molar refractivity (Wildman–Crippen MR) is 120 cm³/mol. The molecule has 0 spiro atoms. The van der Waals surface area contributed by atoms with Gasteiger partial charge in [0.25, 0.3) is 5.91 Å². The van der Waals surface area contributed by atoms with E-state index in [1.807, 2.05) is 6.07 Å².